The summed E-state index contributed by atoms with van der Waals surface area (Å²) in [6.45, 7) is 0.341. The molecule has 0 atom stereocenters. The van der Waals surface area contributed by atoms with Gasteiger partial charge in [0.2, 0.25) is 5.24 Å². The van der Waals surface area contributed by atoms with Crippen molar-refractivity contribution in [3.05, 3.63) is 0 Å². The SMILES string of the molecule is CN(CCCC(=O)Cl)C(=O)O. The maximum Gasteiger partial charge on any atom is 0.407 e. The van der Waals surface area contributed by atoms with Gasteiger partial charge in [-0.1, -0.05) is 0 Å². The summed E-state index contributed by atoms with van der Waals surface area (Å²) < 4.78 is 0. The van der Waals surface area contributed by atoms with E-state index in [4.69, 9.17) is 16.7 Å². The summed E-state index contributed by atoms with van der Waals surface area (Å²) in [5.74, 6) is 0. The van der Waals surface area contributed by atoms with Crippen LogP contribution in [0, 0.1) is 0 Å². The summed E-state index contributed by atoms with van der Waals surface area (Å²) in [5.41, 5.74) is 0. The molecule has 0 aromatic rings. The van der Waals surface area contributed by atoms with E-state index in [1.807, 2.05) is 0 Å². The molecular weight excluding hydrogens is 170 g/mol. The van der Waals surface area contributed by atoms with Gasteiger partial charge in [0.05, 0.1) is 0 Å². The van der Waals surface area contributed by atoms with Crippen LogP contribution in [0.3, 0.4) is 0 Å². The van der Waals surface area contributed by atoms with Gasteiger partial charge in [-0.25, -0.2) is 4.79 Å². The molecule has 0 spiro atoms. The third-order valence-corrected chi connectivity index (χ3v) is 1.38. The molecule has 0 rings (SSSR count). The van der Waals surface area contributed by atoms with E-state index in [1.165, 1.54) is 7.05 Å². The van der Waals surface area contributed by atoms with Gasteiger partial charge in [-0.05, 0) is 18.0 Å². The fourth-order valence-corrected chi connectivity index (χ4v) is 0.684. The number of rotatable bonds is 4. The molecule has 0 bridgehead atoms. The minimum absolute atomic E-state index is 0.221. The van der Waals surface area contributed by atoms with Gasteiger partial charge in [-0.15, -0.1) is 0 Å². The average Bonchev–Trinajstić information content (AvgIpc) is 1.86. The monoisotopic (exact) mass is 179 g/mol. The lowest BCUT2D eigenvalue weighted by molar-refractivity contribution is -0.111. The van der Waals surface area contributed by atoms with E-state index in [-0.39, 0.29) is 6.42 Å². The van der Waals surface area contributed by atoms with Crippen molar-refractivity contribution in [3.8, 4) is 0 Å². The number of hydrogen-bond donors (Lipinski definition) is 1. The van der Waals surface area contributed by atoms with E-state index in [2.05, 4.69) is 0 Å². The summed E-state index contributed by atoms with van der Waals surface area (Å²) in [5, 5.41) is 7.93. The fraction of sp³-hybridized carbons (Fsp3) is 0.667. The van der Waals surface area contributed by atoms with Gasteiger partial charge in [0, 0.05) is 20.0 Å². The molecule has 0 unspecified atom stereocenters. The van der Waals surface area contributed by atoms with E-state index >= 15 is 0 Å². The third kappa shape index (κ3) is 5.66. The number of carbonyl (C=O) groups is 2. The van der Waals surface area contributed by atoms with Crippen molar-refractivity contribution >= 4 is 22.9 Å². The van der Waals surface area contributed by atoms with Crippen molar-refractivity contribution in [1.82, 2.24) is 4.90 Å². The van der Waals surface area contributed by atoms with Crippen molar-refractivity contribution in [1.29, 1.82) is 0 Å². The van der Waals surface area contributed by atoms with Gasteiger partial charge in [-0.3, -0.25) is 4.79 Å². The van der Waals surface area contributed by atoms with Crippen LogP contribution in [0.2, 0.25) is 0 Å². The summed E-state index contributed by atoms with van der Waals surface area (Å²) >= 11 is 5.04. The van der Waals surface area contributed by atoms with Crippen molar-refractivity contribution < 1.29 is 14.7 Å². The molecule has 0 fully saturated rings. The molecule has 5 heteroatoms. The Morgan fingerprint density at radius 1 is 1.55 bits per heavy atom. The minimum Gasteiger partial charge on any atom is -0.465 e. The van der Waals surface area contributed by atoms with Crippen LogP contribution in [-0.4, -0.2) is 34.9 Å². The molecular formula is C6H10ClNO3. The van der Waals surface area contributed by atoms with Gasteiger partial charge < -0.3 is 10.0 Å². The predicted octanol–water partition coefficient (Wildman–Crippen LogP) is 1.14. The highest BCUT2D eigenvalue weighted by molar-refractivity contribution is 6.63. The second kappa shape index (κ2) is 4.96. The number of carboxylic acid groups (broad SMARTS) is 1. The van der Waals surface area contributed by atoms with E-state index in [0.717, 1.165) is 4.90 Å². The molecule has 11 heavy (non-hydrogen) atoms. The highest BCUT2D eigenvalue weighted by Gasteiger charge is 2.04. The van der Waals surface area contributed by atoms with E-state index in [0.29, 0.717) is 13.0 Å². The van der Waals surface area contributed by atoms with Crippen molar-refractivity contribution in [2.75, 3.05) is 13.6 Å². The van der Waals surface area contributed by atoms with Gasteiger partial charge in [0.15, 0.2) is 0 Å². The van der Waals surface area contributed by atoms with Crippen LogP contribution in [0.25, 0.3) is 0 Å². The number of hydrogen-bond acceptors (Lipinski definition) is 2. The van der Waals surface area contributed by atoms with Crippen LogP contribution in [0.1, 0.15) is 12.8 Å². The van der Waals surface area contributed by atoms with Gasteiger partial charge in [0.1, 0.15) is 0 Å². The molecule has 0 heterocycles. The first-order chi connectivity index (χ1) is 5.04. The molecule has 0 saturated heterocycles. The molecule has 1 N–H and O–H groups in total. The van der Waals surface area contributed by atoms with Gasteiger partial charge >= 0.3 is 6.09 Å². The van der Waals surface area contributed by atoms with Crippen molar-refractivity contribution in [2.24, 2.45) is 0 Å². The number of nitrogens with zero attached hydrogens (tertiary/aromatic N) is 1. The van der Waals surface area contributed by atoms with Gasteiger partial charge in [-0.2, -0.15) is 0 Å². The first kappa shape index (κ1) is 10.2. The standard InChI is InChI=1S/C6H10ClNO3/c1-8(6(10)11)4-2-3-5(7)9/h2-4H2,1H3,(H,10,11). The predicted molar refractivity (Wildman–Crippen MR) is 40.7 cm³/mol. The Balaban J connectivity index is 3.39. The van der Waals surface area contributed by atoms with E-state index in [9.17, 15) is 9.59 Å². The van der Waals surface area contributed by atoms with Crippen LogP contribution in [0.4, 0.5) is 4.79 Å². The van der Waals surface area contributed by atoms with Crippen molar-refractivity contribution in [2.45, 2.75) is 12.8 Å². The Morgan fingerprint density at radius 2 is 2.09 bits per heavy atom. The highest BCUT2D eigenvalue weighted by atomic mass is 35.5. The summed E-state index contributed by atoms with van der Waals surface area (Å²) in [7, 11) is 1.45. The Hall–Kier alpha value is -0.770. The molecule has 0 aromatic carbocycles. The Morgan fingerprint density at radius 3 is 2.45 bits per heavy atom. The lowest BCUT2D eigenvalue weighted by Gasteiger charge is -2.10. The minimum atomic E-state index is -0.993. The number of carbonyl (C=O) groups excluding carboxylic acids is 1. The maximum atomic E-state index is 10.2. The van der Waals surface area contributed by atoms with Crippen LogP contribution in [0.5, 0.6) is 0 Å². The molecule has 0 radical (unpaired) electrons. The van der Waals surface area contributed by atoms with Crippen LogP contribution in [-0.2, 0) is 4.79 Å². The van der Waals surface area contributed by atoms with Gasteiger partial charge in [0.25, 0.3) is 0 Å². The molecule has 64 valence electrons. The fourth-order valence-electron chi connectivity index (χ4n) is 0.551. The Labute approximate surface area is 69.7 Å². The second-order valence-electron chi connectivity index (χ2n) is 2.16. The molecule has 0 aliphatic rings. The lowest BCUT2D eigenvalue weighted by atomic mass is 10.3. The molecule has 4 nitrogen and oxygen atoms in total. The molecule has 1 amide bonds. The van der Waals surface area contributed by atoms with Crippen LogP contribution < -0.4 is 0 Å². The molecule has 0 saturated carbocycles. The molecule has 0 aliphatic carbocycles. The number of halogens is 1. The summed E-state index contributed by atoms with van der Waals surface area (Å²) in [6.07, 6.45) is -0.295. The highest BCUT2D eigenvalue weighted by Crippen LogP contribution is 1.96. The third-order valence-electron chi connectivity index (χ3n) is 1.19. The molecule has 0 aliphatic heterocycles. The van der Waals surface area contributed by atoms with E-state index in [1.54, 1.807) is 0 Å². The van der Waals surface area contributed by atoms with Crippen molar-refractivity contribution in [3.63, 3.8) is 0 Å². The Kier molecular flexibility index (Phi) is 4.61. The lowest BCUT2D eigenvalue weighted by Crippen LogP contribution is -2.25. The van der Waals surface area contributed by atoms with E-state index < -0.39 is 11.3 Å². The van der Waals surface area contributed by atoms with Crippen LogP contribution >= 0.6 is 11.6 Å². The van der Waals surface area contributed by atoms with Crippen LogP contribution in [0.15, 0.2) is 0 Å². The first-order valence-corrected chi connectivity index (χ1v) is 3.54. The normalized spacial score (nSPS) is 9.27. The zero-order valence-electron chi connectivity index (χ0n) is 6.21. The summed E-state index contributed by atoms with van der Waals surface area (Å²) in [6, 6.07) is 0. The zero-order valence-corrected chi connectivity index (χ0v) is 6.97. The number of amides is 1. The second-order valence-corrected chi connectivity index (χ2v) is 2.58. The first-order valence-electron chi connectivity index (χ1n) is 3.16. The summed E-state index contributed by atoms with van der Waals surface area (Å²) in [4.78, 5) is 21.5. The maximum absolute atomic E-state index is 10.2. The smallest absolute Gasteiger partial charge is 0.407 e. The Bertz CT molecular complexity index is 160. The quantitative estimate of drug-likeness (QED) is 0.659. The zero-order chi connectivity index (χ0) is 8.85. The topological polar surface area (TPSA) is 57.6 Å². The average molecular weight is 180 g/mol. The largest absolute Gasteiger partial charge is 0.465 e. The molecule has 0 aromatic heterocycles.